The summed E-state index contributed by atoms with van der Waals surface area (Å²) in [5.41, 5.74) is 2.74. The molecule has 0 saturated heterocycles. The second-order valence-corrected chi connectivity index (χ2v) is 5.15. The molecule has 0 amide bonds. The highest BCUT2D eigenvalue weighted by Crippen LogP contribution is 2.32. The third-order valence-electron chi connectivity index (χ3n) is 2.97. The zero-order chi connectivity index (χ0) is 10.1. The van der Waals surface area contributed by atoms with Crippen molar-refractivity contribution in [1.29, 1.82) is 0 Å². The van der Waals surface area contributed by atoms with Crippen LogP contribution in [0, 0.1) is 5.92 Å². The minimum atomic E-state index is 0.636. The maximum atomic E-state index is 3.61. The van der Waals surface area contributed by atoms with Gasteiger partial charge in [-0.25, -0.2) is 0 Å². The van der Waals surface area contributed by atoms with E-state index in [0.29, 0.717) is 12.0 Å². The summed E-state index contributed by atoms with van der Waals surface area (Å²) in [6.45, 7) is 4.56. The molecule has 0 spiro atoms. The number of rotatable bonds is 1. The van der Waals surface area contributed by atoms with Gasteiger partial charge in [-0.2, -0.15) is 0 Å². The molecule has 1 unspecified atom stereocenters. The van der Waals surface area contributed by atoms with E-state index in [4.69, 9.17) is 0 Å². The van der Waals surface area contributed by atoms with E-state index >= 15 is 0 Å². The Hall–Kier alpha value is -0.500. The van der Waals surface area contributed by atoms with Crippen molar-refractivity contribution in [3.05, 3.63) is 28.2 Å². The summed E-state index contributed by atoms with van der Waals surface area (Å²) >= 11 is 3.60. The van der Waals surface area contributed by atoms with Gasteiger partial charge in [0.15, 0.2) is 0 Å². The van der Waals surface area contributed by atoms with Crippen molar-refractivity contribution < 1.29 is 0 Å². The Morgan fingerprint density at radius 1 is 1.43 bits per heavy atom. The Morgan fingerprint density at radius 2 is 2.21 bits per heavy atom. The normalized spacial score (nSPS) is 20.4. The van der Waals surface area contributed by atoms with Gasteiger partial charge >= 0.3 is 0 Å². The van der Waals surface area contributed by atoms with E-state index in [1.54, 1.807) is 0 Å². The van der Waals surface area contributed by atoms with E-state index in [1.165, 1.54) is 28.6 Å². The third-order valence-corrected chi connectivity index (χ3v) is 3.71. The molecule has 0 aliphatic carbocycles. The van der Waals surface area contributed by atoms with Crippen LogP contribution in [0.2, 0.25) is 0 Å². The molecule has 2 rings (SSSR count). The molecule has 1 N–H and O–H groups in total. The molecule has 76 valence electrons. The van der Waals surface area contributed by atoms with Crippen LogP contribution < -0.4 is 5.32 Å². The molecule has 1 aromatic carbocycles. The van der Waals surface area contributed by atoms with Gasteiger partial charge in [0.05, 0.1) is 0 Å². The van der Waals surface area contributed by atoms with Crippen molar-refractivity contribution in [3.8, 4) is 0 Å². The molecule has 1 aliphatic heterocycles. The summed E-state index contributed by atoms with van der Waals surface area (Å²) in [4.78, 5) is 0. The number of hydrogen-bond donors (Lipinski definition) is 1. The SMILES string of the molecule is CC(C)C1CCc2c(Br)cccc2N1. The Labute approximate surface area is 94.0 Å². The lowest BCUT2D eigenvalue weighted by Gasteiger charge is -2.30. The molecule has 2 heteroatoms. The predicted octanol–water partition coefficient (Wildman–Crippen LogP) is 3.83. The van der Waals surface area contributed by atoms with Crippen molar-refractivity contribution in [3.63, 3.8) is 0 Å². The first-order valence-corrected chi connectivity index (χ1v) is 6.01. The first kappa shape index (κ1) is 10.0. The summed E-state index contributed by atoms with van der Waals surface area (Å²) in [6, 6.07) is 7.03. The van der Waals surface area contributed by atoms with E-state index in [-0.39, 0.29) is 0 Å². The molecular formula is C12H16BrN. The van der Waals surface area contributed by atoms with Crippen molar-refractivity contribution in [2.24, 2.45) is 5.92 Å². The van der Waals surface area contributed by atoms with Gasteiger partial charge in [0, 0.05) is 16.2 Å². The number of nitrogens with one attached hydrogen (secondary N) is 1. The molecular weight excluding hydrogens is 238 g/mol. The van der Waals surface area contributed by atoms with Gasteiger partial charge in [0.2, 0.25) is 0 Å². The summed E-state index contributed by atoms with van der Waals surface area (Å²) in [5.74, 6) is 0.710. The zero-order valence-electron chi connectivity index (χ0n) is 8.68. The topological polar surface area (TPSA) is 12.0 Å². The highest BCUT2D eigenvalue weighted by atomic mass is 79.9. The van der Waals surface area contributed by atoms with Crippen LogP contribution in [-0.4, -0.2) is 6.04 Å². The molecule has 1 nitrogen and oxygen atoms in total. The Bertz CT molecular complexity index is 333. The highest BCUT2D eigenvalue weighted by Gasteiger charge is 2.20. The number of halogens is 1. The first-order valence-electron chi connectivity index (χ1n) is 5.22. The van der Waals surface area contributed by atoms with E-state index in [1.807, 2.05) is 0 Å². The van der Waals surface area contributed by atoms with Crippen LogP contribution in [0.4, 0.5) is 5.69 Å². The van der Waals surface area contributed by atoms with Crippen LogP contribution in [0.5, 0.6) is 0 Å². The van der Waals surface area contributed by atoms with Crippen LogP contribution in [0.1, 0.15) is 25.8 Å². The number of hydrogen-bond acceptors (Lipinski definition) is 1. The van der Waals surface area contributed by atoms with Crippen molar-refractivity contribution in [2.45, 2.75) is 32.7 Å². The second kappa shape index (κ2) is 3.93. The second-order valence-electron chi connectivity index (χ2n) is 4.30. The maximum absolute atomic E-state index is 3.61. The lowest BCUT2D eigenvalue weighted by molar-refractivity contribution is 0.482. The fourth-order valence-corrected chi connectivity index (χ4v) is 2.58. The molecule has 1 aliphatic rings. The van der Waals surface area contributed by atoms with Crippen LogP contribution >= 0.6 is 15.9 Å². The van der Waals surface area contributed by atoms with Gasteiger partial charge in [-0.3, -0.25) is 0 Å². The average molecular weight is 254 g/mol. The average Bonchev–Trinajstić information content (AvgIpc) is 2.17. The molecule has 1 heterocycles. The lowest BCUT2D eigenvalue weighted by Crippen LogP contribution is -2.30. The number of fused-ring (bicyclic) bond motifs is 1. The van der Waals surface area contributed by atoms with Crippen LogP contribution in [0.25, 0.3) is 0 Å². The minimum Gasteiger partial charge on any atom is -0.382 e. The summed E-state index contributed by atoms with van der Waals surface area (Å²) in [6.07, 6.45) is 2.43. The van der Waals surface area contributed by atoms with E-state index < -0.39 is 0 Å². The monoisotopic (exact) mass is 253 g/mol. The number of anilines is 1. The van der Waals surface area contributed by atoms with Gasteiger partial charge in [0.25, 0.3) is 0 Å². The standard InChI is InChI=1S/C12H16BrN/c1-8(2)11-7-6-9-10(13)4-3-5-12(9)14-11/h3-5,8,11,14H,6-7H2,1-2H3. The fraction of sp³-hybridized carbons (Fsp3) is 0.500. The molecule has 1 atom stereocenters. The van der Waals surface area contributed by atoms with Crippen LogP contribution in [0.15, 0.2) is 22.7 Å². The highest BCUT2D eigenvalue weighted by molar-refractivity contribution is 9.10. The summed E-state index contributed by atoms with van der Waals surface area (Å²) in [5, 5.41) is 3.61. The Balaban J connectivity index is 2.27. The van der Waals surface area contributed by atoms with Crippen LogP contribution in [-0.2, 0) is 6.42 Å². The molecule has 0 bridgehead atoms. The van der Waals surface area contributed by atoms with Crippen molar-refractivity contribution in [1.82, 2.24) is 0 Å². The molecule has 0 saturated carbocycles. The zero-order valence-corrected chi connectivity index (χ0v) is 10.3. The smallest absolute Gasteiger partial charge is 0.0386 e. The fourth-order valence-electron chi connectivity index (χ4n) is 2.02. The largest absolute Gasteiger partial charge is 0.382 e. The maximum Gasteiger partial charge on any atom is 0.0386 e. The first-order chi connectivity index (χ1) is 6.68. The minimum absolute atomic E-state index is 0.636. The lowest BCUT2D eigenvalue weighted by atomic mass is 9.92. The van der Waals surface area contributed by atoms with Gasteiger partial charge in [-0.15, -0.1) is 0 Å². The summed E-state index contributed by atoms with van der Waals surface area (Å²) in [7, 11) is 0. The van der Waals surface area contributed by atoms with Gasteiger partial charge in [-0.1, -0.05) is 35.8 Å². The van der Waals surface area contributed by atoms with E-state index in [2.05, 4.69) is 53.3 Å². The predicted molar refractivity (Wildman–Crippen MR) is 64.7 cm³/mol. The molecule has 0 radical (unpaired) electrons. The molecule has 1 aromatic rings. The molecule has 0 fully saturated rings. The van der Waals surface area contributed by atoms with Crippen molar-refractivity contribution >= 4 is 21.6 Å². The quantitative estimate of drug-likeness (QED) is 0.803. The van der Waals surface area contributed by atoms with E-state index in [9.17, 15) is 0 Å². The van der Waals surface area contributed by atoms with Gasteiger partial charge < -0.3 is 5.32 Å². The molecule has 0 aromatic heterocycles. The van der Waals surface area contributed by atoms with E-state index in [0.717, 1.165) is 0 Å². The summed E-state index contributed by atoms with van der Waals surface area (Å²) < 4.78 is 1.24. The van der Waals surface area contributed by atoms with Gasteiger partial charge in [-0.05, 0) is 36.5 Å². The number of benzene rings is 1. The Morgan fingerprint density at radius 3 is 2.93 bits per heavy atom. The van der Waals surface area contributed by atoms with Crippen molar-refractivity contribution in [2.75, 3.05) is 5.32 Å². The molecule has 14 heavy (non-hydrogen) atoms. The Kier molecular flexibility index (Phi) is 2.82. The van der Waals surface area contributed by atoms with Crippen LogP contribution in [0.3, 0.4) is 0 Å². The van der Waals surface area contributed by atoms with Gasteiger partial charge in [0.1, 0.15) is 0 Å². The third kappa shape index (κ3) is 1.81.